The van der Waals surface area contributed by atoms with Crippen molar-refractivity contribution in [1.29, 1.82) is 0 Å². The number of hydrogen-bond acceptors (Lipinski definition) is 3. The Labute approximate surface area is 116 Å². The maximum absolute atomic E-state index is 3.56. The number of thioether (sulfide) groups is 1. The number of nitrogens with zero attached hydrogens (tertiary/aromatic N) is 1. The van der Waals surface area contributed by atoms with E-state index in [1.165, 1.54) is 34.6 Å². The number of likely N-dealkylation sites (N-methyl/N-ethyl adjacent to an activating group) is 1. The van der Waals surface area contributed by atoms with Crippen molar-refractivity contribution in [3.05, 3.63) is 34.3 Å². The van der Waals surface area contributed by atoms with Crippen LogP contribution in [0, 0.1) is 0 Å². The van der Waals surface area contributed by atoms with Gasteiger partial charge in [-0.2, -0.15) is 11.8 Å². The lowest BCUT2D eigenvalue weighted by Gasteiger charge is -2.34. The van der Waals surface area contributed by atoms with Crippen LogP contribution in [0.4, 0.5) is 0 Å². The van der Waals surface area contributed by atoms with Gasteiger partial charge in [-0.15, -0.1) is 0 Å². The van der Waals surface area contributed by atoms with Crippen LogP contribution >= 0.6 is 27.7 Å². The number of halogens is 1. The van der Waals surface area contributed by atoms with Gasteiger partial charge in [0.05, 0.1) is 0 Å². The highest BCUT2D eigenvalue weighted by atomic mass is 79.9. The normalized spacial score (nSPS) is 19.2. The molecule has 1 aliphatic heterocycles. The summed E-state index contributed by atoms with van der Waals surface area (Å²) in [5.41, 5.74) is 1.40. The van der Waals surface area contributed by atoms with Gasteiger partial charge in [0.2, 0.25) is 0 Å². The summed E-state index contributed by atoms with van der Waals surface area (Å²) in [4.78, 5) is 2.59. The molecule has 4 heteroatoms. The minimum Gasteiger partial charge on any atom is -0.318 e. The van der Waals surface area contributed by atoms with Crippen molar-refractivity contribution in [2.75, 3.05) is 38.2 Å². The van der Waals surface area contributed by atoms with E-state index in [0.717, 1.165) is 6.54 Å². The second kappa shape index (κ2) is 6.78. The first-order valence-corrected chi connectivity index (χ1v) is 7.98. The van der Waals surface area contributed by atoms with Gasteiger partial charge in [0, 0.05) is 41.7 Å². The first-order valence-electron chi connectivity index (χ1n) is 6.03. The zero-order chi connectivity index (χ0) is 12.1. The van der Waals surface area contributed by atoms with Gasteiger partial charge in [-0.1, -0.05) is 28.1 Å². The van der Waals surface area contributed by atoms with Crippen molar-refractivity contribution < 1.29 is 0 Å². The lowest BCUT2D eigenvalue weighted by atomic mass is 10.1. The third-order valence-corrected chi connectivity index (χ3v) is 4.55. The lowest BCUT2D eigenvalue weighted by molar-refractivity contribution is 0.215. The fourth-order valence-electron chi connectivity index (χ4n) is 2.25. The van der Waals surface area contributed by atoms with Gasteiger partial charge in [-0.25, -0.2) is 0 Å². The van der Waals surface area contributed by atoms with E-state index in [2.05, 4.69) is 62.2 Å². The first-order chi connectivity index (χ1) is 8.31. The Morgan fingerprint density at radius 2 is 2.18 bits per heavy atom. The molecule has 0 aromatic heterocycles. The maximum atomic E-state index is 3.56. The monoisotopic (exact) mass is 314 g/mol. The highest BCUT2D eigenvalue weighted by molar-refractivity contribution is 9.10. The zero-order valence-electron chi connectivity index (χ0n) is 10.2. The number of hydrogen-bond donors (Lipinski definition) is 1. The SMILES string of the molecule is CNCC(c1cccc(Br)c1)N1CCSCC1. The van der Waals surface area contributed by atoms with Crippen molar-refractivity contribution in [3.63, 3.8) is 0 Å². The van der Waals surface area contributed by atoms with Crippen LogP contribution in [0.5, 0.6) is 0 Å². The van der Waals surface area contributed by atoms with Gasteiger partial charge >= 0.3 is 0 Å². The van der Waals surface area contributed by atoms with Crippen LogP contribution in [-0.4, -0.2) is 43.1 Å². The van der Waals surface area contributed by atoms with E-state index in [9.17, 15) is 0 Å². The van der Waals surface area contributed by atoms with Crippen molar-refractivity contribution >= 4 is 27.7 Å². The zero-order valence-corrected chi connectivity index (χ0v) is 12.6. The van der Waals surface area contributed by atoms with Gasteiger partial charge < -0.3 is 5.32 Å². The Kier molecular flexibility index (Phi) is 5.35. The van der Waals surface area contributed by atoms with Crippen LogP contribution in [0.1, 0.15) is 11.6 Å². The van der Waals surface area contributed by atoms with Crippen molar-refractivity contribution in [3.8, 4) is 0 Å². The van der Waals surface area contributed by atoms with Crippen LogP contribution in [-0.2, 0) is 0 Å². The van der Waals surface area contributed by atoms with E-state index < -0.39 is 0 Å². The van der Waals surface area contributed by atoms with Crippen molar-refractivity contribution in [1.82, 2.24) is 10.2 Å². The molecule has 94 valence electrons. The second-order valence-corrected chi connectivity index (χ2v) is 6.42. The van der Waals surface area contributed by atoms with Gasteiger partial charge in [-0.05, 0) is 24.7 Å². The van der Waals surface area contributed by atoms with Crippen LogP contribution in [0.2, 0.25) is 0 Å². The molecule has 0 radical (unpaired) electrons. The van der Waals surface area contributed by atoms with Gasteiger partial charge in [0.25, 0.3) is 0 Å². The molecule has 1 unspecified atom stereocenters. The highest BCUT2D eigenvalue weighted by Crippen LogP contribution is 2.25. The summed E-state index contributed by atoms with van der Waals surface area (Å²) < 4.78 is 1.17. The molecule has 1 N–H and O–H groups in total. The minimum atomic E-state index is 0.499. The molecule has 1 aliphatic rings. The van der Waals surface area contributed by atoms with Crippen LogP contribution in [0.15, 0.2) is 28.7 Å². The summed E-state index contributed by atoms with van der Waals surface area (Å²) >= 11 is 5.62. The average molecular weight is 315 g/mol. The average Bonchev–Trinajstić information content (AvgIpc) is 2.37. The molecule has 1 aromatic rings. The standard InChI is InChI=1S/C13H19BrN2S/c1-15-10-13(16-5-7-17-8-6-16)11-3-2-4-12(14)9-11/h2-4,9,13,15H,5-8,10H2,1H3. The molecule has 1 saturated heterocycles. The predicted molar refractivity (Wildman–Crippen MR) is 79.7 cm³/mol. The molecule has 0 aliphatic carbocycles. The fraction of sp³-hybridized carbons (Fsp3) is 0.538. The molecule has 2 nitrogen and oxygen atoms in total. The quantitative estimate of drug-likeness (QED) is 0.920. The Bertz CT molecular complexity index is 353. The Hall–Kier alpha value is -0.0300. The molecule has 1 aromatic carbocycles. The molecule has 1 fully saturated rings. The Morgan fingerprint density at radius 3 is 2.82 bits per heavy atom. The summed E-state index contributed by atoms with van der Waals surface area (Å²) in [6.45, 7) is 3.41. The number of nitrogens with one attached hydrogen (secondary N) is 1. The van der Waals surface area contributed by atoms with E-state index in [4.69, 9.17) is 0 Å². The van der Waals surface area contributed by atoms with E-state index in [1.54, 1.807) is 0 Å². The number of benzene rings is 1. The molecule has 0 amide bonds. The molecular weight excluding hydrogens is 296 g/mol. The van der Waals surface area contributed by atoms with Crippen LogP contribution in [0.3, 0.4) is 0 Å². The fourth-order valence-corrected chi connectivity index (χ4v) is 3.60. The van der Waals surface area contributed by atoms with Gasteiger partial charge in [0.15, 0.2) is 0 Å². The maximum Gasteiger partial charge on any atom is 0.0473 e. The molecule has 17 heavy (non-hydrogen) atoms. The first kappa shape index (κ1) is 13.4. The molecule has 0 saturated carbocycles. The van der Waals surface area contributed by atoms with Gasteiger partial charge in [-0.3, -0.25) is 4.90 Å². The third-order valence-electron chi connectivity index (χ3n) is 3.12. The molecular formula is C13H19BrN2S. The Morgan fingerprint density at radius 1 is 1.41 bits per heavy atom. The Balaban J connectivity index is 2.15. The molecule has 0 bridgehead atoms. The van der Waals surface area contributed by atoms with Crippen molar-refractivity contribution in [2.24, 2.45) is 0 Å². The molecule has 1 heterocycles. The number of rotatable bonds is 4. The molecule has 1 atom stereocenters. The van der Waals surface area contributed by atoms with Gasteiger partial charge in [0.1, 0.15) is 0 Å². The van der Waals surface area contributed by atoms with E-state index in [-0.39, 0.29) is 0 Å². The summed E-state index contributed by atoms with van der Waals surface area (Å²) in [6, 6.07) is 9.18. The highest BCUT2D eigenvalue weighted by Gasteiger charge is 2.21. The van der Waals surface area contributed by atoms with Crippen LogP contribution in [0.25, 0.3) is 0 Å². The summed E-state index contributed by atoms with van der Waals surface area (Å²) in [7, 11) is 2.03. The largest absolute Gasteiger partial charge is 0.318 e. The lowest BCUT2D eigenvalue weighted by Crippen LogP contribution is -2.40. The summed E-state index contributed by atoms with van der Waals surface area (Å²) in [6.07, 6.45) is 0. The van der Waals surface area contributed by atoms with E-state index in [1.807, 2.05) is 7.05 Å². The third kappa shape index (κ3) is 3.71. The predicted octanol–water partition coefficient (Wildman–Crippen LogP) is 2.76. The molecule has 2 rings (SSSR count). The van der Waals surface area contributed by atoms with Crippen LogP contribution < -0.4 is 5.32 Å². The summed E-state index contributed by atoms with van der Waals surface area (Å²) in [5, 5.41) is 3.32. The van der Waals surface area contributed by atoms with E-state index in [0.29, 0.717) is 6.04 Å². The minimum absolute atomic E-state index is 0.499. The topological polar surface area (TPSA) is 15.3 Å². The summed E-state index contributed by atoms with van der Waals surface area (Å²) in [5.74, 6) is 2.52. The van der Waals surface area contributed by atoms with Crippen molar-refractivity contribution in [2.45, 2.75) is 6.04 Å². The smallest absolute Gasteiger partial charge is 0.0473 e. The van der Waals surface area contributed by atoms with E-state index >= 15 is 0 Å². The second-order valence-electron chi connectivity index (χ2n) is 4.28. The molecule has 0 spiro atoms.